The van der Waals surface area contributed by atoms with E-state index in [0.29, 0.717) is 23.5 Å². The van der Waals surface area contributed by atoms with Crippen LogP contribution in [0.2, 0.25) is 0 Å². The van der Waals surface area contributed by atoms with E-state index in [1.54, 1.807) is 17.1 Å². The van der Waals surface area contributed by atoms with Crippen molar-refractivity contribution in [3.63, 3.8) is 0 Å². The van der Waals surface area contributed by atoms with Gasteiger partial charge in [0.25, 0.3) is 5.56 Å². The molecule has 0 spiro atoms. The number of pyridine rings is 1. The van der Waals surface area contributed by atoms with Crippen molar-refractivity contribution >= 4 is 22.7 Å². The van der Waals surface area contributed by atoms with Gasteiger partial charge in [-0.15, -0.1) is 0 Å². The van der Waals surface area contributed by atoms with E-state index in [9.17, 15) is 10.1 Å². The molecule has 3 aromatic heterocycles. The van der Waals surface area contributed by atoms with E-state index in [1.807, 2.05) is 23.7 Å². The summed E-state index contributed by atoms with van der Waals surface area (Å²) < 4.78 is 3.45. The molecule has 9 heteroatoms. The molecule has 0 unspecified atom stereocenters. The first-order chi connectivity index (χ1) is 17.3. The second-order valence-electron chi connectivity index (χ2n) is 10.3. The van der Waals surface area contributed by atoms with E-state index >= 15 is 0 Å². The van der Waals surface area contributed by atoms with Gasteiger partial charge in [-0.3, -0.25) is 9.78 Å². The molecule has 182 valence electrons. The van der Waals surface area contributed by atoms with Crippen LogP contribution in [0.3, 0.4) is 0 Å². The predicted molar refractivity (Wildman–Crippen MR) is 138 cm³/mol. The van der Waals surface area contributed by atoms with E-state index in [-0.39, 0.29) is 11.0 Å². The van der Waals surface area contributed by atoms with Gasteiger partial charge in [-0.25, -0.2) is 14.3 Å². The highest BCUT2D eigenvalue weighted by Gasteiger charge is 2.46. The highest BCUT2D eigenvalue weighted by molar-refractivity contribution is 5.77. The van der Waals surface area contributed by atoms with Crippen LogP contribution in [0, 0.1) is 11.3 Å². The fraction of sp³-hybridized carbons (Fsp3) is 0.370. The molecule has 9 nitrogen and oxygen atoms in total. The smallest absolute Gasteiger partial charge is 0.278 e. The number of aromatic nitrogens is 5. The first kappa shape index (κ1) is 22.4. The second kappa shape index (κ2) is 8.00. The van der Waals surface area contributed by atoms with Crippen molar-refractivity contribution in [2.45, 2.75) is 57.5 Å². The van der Waals surface area contributed by atoms with Gasteiger partial charge in [0.1, 0.15) is 5.39 Å². The maximum Gasteiger partial charge on any atom is 0.278 e. The highest BCUT2D eigenvalue weighted by atomic mass is 16.1. The number of anilines is 2. The van der Waals surface area contributed by atoms with Crippen molar-refractivity contribution in [1.29, 1.82) is 5.26 Å². The minimum atomic E-state index is -0.520. The third kappa shape index (κ3) is 3.48. The minimum absolute atomic E-state index is 0.0780. The van der Waals surface area contributed by atoms with Crippen LogP contribution < -0.4 is 16.2 Å². The van der Waals surface area contributed by atoms with Gasteiger partial charge < -0.3 is 10.6 Å². The third-order valence-electron chi connectivity index (χ3n) is 7.39. The molecule has 2 N–H and O–H groups in total. The number of nitriles is 1. The summed E-state index contributed by atoms with van der Waals surface area (Å²) >= 11 is 0. The first-order valence-electron chi connectivity index (χ1n) is 12.3. The average molecular weight is 481 g/mol. The maximum absolute atomic E-state index is 13.2. The molecule has 1 aromatic carbocycles. The molecule has 1 saturated carbocycles. The average Bonchev–Trinajstić information content (AvgIpc) is 3.63. The van der Waals surface area contributed by atoms with Gasteiger partial charge in [0.15, 0.2) is 5.65 Å². The molecule has 0 amide bonds. The van der Waals surface area contributed by atoms with Crippen LogP contribution in [0.15, 0.2) is 47.5 Å². The number of nitrogens with zero attached hydrogens (tertiary/aromatic N) is 6. The molecule has 4 heterocycles. The SMILES string of the molecule is CCn1c(=O)c2cnc(Nc3ccc4c(c3)CNCC4(C)C)nc2n1-c1ccnc(C2(C#N)CC2)c1. The number of nitrogens with one attached hydrogen (secondary N) is 2. The molecule has 2 aliphatic rings. The van der Waals surface area contributed by atoms with E-state index in [4.69, 9.17) is 4.98 Å². The zero-order chi connectivity index (χ0) is 25.1. The summed E-state index contributed by atoms with van der Waals surface area (Å²) in [6.07, 6.45) is 4.88. The van der Waals surface area contributed by atoms with Crippen LogP contribution in [-0.4, -0.2) is 30.9 Å². The summed E-state index contributed by atoms with van der Waals surface area (Å²) in [6, 6.07) is 12.5. The largest absolute Gasteiger partial charge is 0.324 e. The molecule has 1 aliphatic carbocycles. The van der Waals surface area contributed by atoms with Crippen LogP contribution in [0.5, 0.6) is 0 Å². The van der Waals surface area contributed by atoms with Crippen molar-refractivity contribution < 1.29 is 0 Å². The molecule has 0 atom stereocenters. The zero-order valence-corrected chi connectivity index (χ0v) is 20.7. The van der Waals surface area contributed by atoms with Gasteiger partial charge in [0, 0.05) is 43.1 Å². The summed E-state index contributed by atoms with van der Waals surface area (Å²) in [5.74, 6) is 0.414. The summed E-state index contributed by atoms with van der Waals surface area (Å²) in [6.45, 7) is 8.64. The summed E-state index contributed by atoms with van der Waals surface area (Å²) in [7, 11) is 0. The Kier molecular flexibility index (Phi) is 4.99. The Balaban J connectivity index is 1.42. The van der Waals surface area contributed by atoms with Crippen molar-refractivity contribution in [3.8, 4) is 11.8 Å². The van der Waals surface area contributed by atoms with Crippen molar-refractivity contribution in [1.82, 2.24) is 29.6 Å². The summed E-state index contributed by atoms with van der Waals surface area (Å²) in [5, 5.41) is 16.9. The van der Waals surface area contributed by atoms with Gasteiger partial charge in [0.2, 0.25) is 5.95 Å². The first-order valence-corrected chi connectivity index (χ1v) is 12.3. The lowest BCUT2D eigenvalue weighted by Gasteiger charge is -2.33. The Labute approximate surface area is 208 Å². The number of hydrogen-bond acceptors (Lipinski definition) is 7. The van der Waals surface area contributed by atoms with Crippen LogP contribution in [0.25, 0.3) is 16.7 Å². The molecule has 1 aliphatic heterocycles. The van der Waals surface area contributed by atoms with E-state index in [1.165, 1.54) is 11.1 Å². The maximum atomic E-state index is 13.2. The van der Waals surface area contributed by atoms with Gasteiger partial charge >= 0.3 is 0 Å². The number of hydrogen-bond donors (Lipinski definition) is 2. The van der Waals surface area contributed by atoms with E-state index < -0.39 is 5.41 Å². The van der Waals surface area contributed by atoms with Crippen LogP contribution >= 0.6 is 0 Å². The molecule has 36 heavy (non-hydrogen) atoms. The quantitative estimate of drug-likeness (QED) is 0.448. The van der Waals surface area contributed by atoms with Crippen molar-refractivity contribution in [2.75, 3.05) is 11.9 Å². The Hall–Kier alpha value is -4.03. The molecule has 0 saturated heterocycles. The predicted octanol–water partition coefficient (Wildman–Crippen LogP) is 3.68. The number of benzene rings is 1. The summed E-state index contributed by atoms with van der Waals surface area (Å²) in [5.41, 5.74) is 4.90. The number of rotatable bonds is 5. The zero-order valence-electron chi connectivity index (χ0n) is 20.7. The Morgan fingerprint density at radius 1 is 1.19 bits per heavy atom. The number of fused-ring (bicyclic) bond motifs is 2. The van der Waals surface area contributed by atoms with Crippen LogP contribution in [-0.2, 0) is 23.9 Å². The Bertz CT molecular complexity index is 1600. The van der Waals surface area contributed by atoms with Crippen molar-refractivity contribution in [3.05, 3.63) is 69.9 Å². The third-order valence-corrected chi connectivity index (χ3v) is 7.39. The highest BCUT2D eigenvalue weighted by Crippen LogP contribution is 2.46. The monoisotopic (exact) mass is 480 g/mol. The molecule has 1 fully saturated rings. The lowest BCUT2D eigenvalue weighted by Crippen LogP contribution is -2.38. The summed E-state index contributed by atoms with van der Waals surface area (Å²) in [4.78, 5) is 26.8. The topological polar surface area (TPSA) is 113 Å². The van der Waals surface area contributed by atoms with E-state index in [0.717, 1.165) is 43.0 Å². The van der Waals surface area contributed by atoms with Gasteiger partial charge in [-0.2, -0.15) is 10.2 Å². The van der Waals surface area contributed by atoms with Gasteiger partial charge in [-0.1, -0.05) is 19.9 Å². The molecular weight excluding hydrogens is 452 g/mol. The lowest BCUT2D eigenvalue weighted by atomic mass is 9.79. The molecule has 0 bridgehead atoms. The van der Waals surface area contributed by atoms with E-state index in [2.05, 4.69) is 58.7 Å². The normalized spacial score (nSPS) is 17.4. The Morgan fingerprint density at radius 3 is 2.78 bits per heavy atom. The van der Waals surface area contributed by atoms with Crippen LogP contribution in [0.1, 0.15) is 50.4 Å². The molecule has 4 aromatic rings. The van der Waals surface area contributed by atoms with Crippen LogP contribution in [0.4, 0.5) is 11.6 Å². The Morgan fingerprint density at radius 2 is 2.03 bits per heavy atom. The van der Waals surface area contributed by atoms with Gasteiger partial charge in [0.05, 0.1) is 22.9 Å². The van der Waals surface area contributed by atoms with Gasteiger partial charge in [-0.05, 0) is 55.2 Å². The fourth-order valence-corrected chi connectivity index (χ4v) is 5.21. The standard InChI is InChI=1S/C27H28N8O/c1-4-34-24(36)20-14-31-25(32-18-5-6-21-17(11-18)13-29-16-26(21,2)3)33-23(20)35(34)19-7-10-30-22(12-19)27(15-28)8-9-27/h5-7,10-12,14,29H,4,8-9,13,16H2,1-3H3,(H,31,32,33). The molecule has 6 rings (SSSR count). The second-order valence-corrected chi connectivity index (χ2v) is 10.3. The molecular formula is C27H28N8O. The molecule has 0 radical (unpaired) electrons. The fourth-order valence-electron chi connectivity index (χ4n) is 5.21. The van der Waals surface area contributed by atoms with Crippen molar-refractivity contribution in [2.24, 2.45) is 0 Å². The lowest BCUT2D eigenvalue weighted by molar-refractivity contribution is 0.435. The minimum Gasteiger partial charge on any atom is -0.324 e.